The molecule has 2 aromatic rings. The Hall–Kier alpha value is -2.40. The number of hydrogen-bond acceptors (Lipinski definition) is 8. The summed E-state index contributed by atoms with van der Waals surface area (Å²) in [6.07, 6.45) is 1.17. The lowest BCUT2D eigenvalue weighted by atomic mass is 9.97. The molecule has 1 atom stereocenters. The topological polar surface area (TPSA) is 133 Å². The molecule has 1 aliphatic heterocycles. The van der Waals surface area contributed by atoms with Crippen LogP contribution in [0.4, 0.5) is 23.2 Å². The maximum Gasteiger partial charge on any atom is 0.501 e. The fourth-order valence-corrected chi connectivity index (χ4v) is 6.96. The highest BCUT2D eigenvalue weighted by Gasteiger charge is 2.48. The van der Waals surface area contributed by atoms with Gasteiger partial charge in [-0.2, -0.15) is 13.2 Å². The summed E-state index contributed by atoms with van der Waals surface area (Å²) in [6, 6.07) is 7.64. The van der Waals surface area contributed by atoms with E-state index < -0.39 is 64.6 Å². The maximum absolute atomic E-state index is 14.2. The van der Waals surface area contributed by atoms with Crippen molar-refractivity contribution >= 4 is 43.3 Å². The quantitative estimate of drug-likeness (QED) is 0.238. The molecule has 1 fully saturated rings. The lowest BCUT2D eigenvalue weighted by Crippen LogP contribution is -2.39. The predicted molar refractivity (Wildman–Crippen MR) is 142 cm³/mol. The summed E-state index contributed by atoms with van der Waals surface area (Å²) < 4.78 is 106. The van der Waals surface area contributed by atoms with Gasteiger partial charge >= 0.3 is 11.5 Å². The molecule has 0 aromatic heterocycles. The van der Waals surface area contributed by atoms with Gasteiger partial charge in [0, 0.05) is 23.2 Å². The van der Waals surface area contributed by atoms with Gasteiger partial charge in [0.2, 0.25) is 10.0 Å². The zero-order chi connectivity index (χ0) is 29.7. The van der Waals surface area contributed by atoms with Gasteiger partial charge in [-0.25, -0.2) is 25.9 Å². The average molecular weight is 628 g/mol. The number of anilines is 1. The second-order valence-corrected chi connectivity index (χ2v) is 14.0. The zero-order valence-electron chi connectivity index (χ0n) is 21.3. The van der Waals surface area contributed by atoms with Crippen LogP contribution in [0.15, 0.2) is 57.2 Å². The molecular weight excluding hydrogens is 598 g/mol. The third kappa shape index (κ3) is 7.87. The first-order valence-corrected chi connectivity index (χ1v) is 16.1. The average Bonchev–Trinajstić information content (AvgIpc) is 2.90. The Morgan fingerprint density at radius 1 is 1.12 bits per heavy atom. The van der Waals surface area contributed by atoms with Gasteiger partial charge in [-0.3, -0.25) is 4.79 Å². The van der Waals surface area contributed by atoms with Crippen LogP contribution in [0, 0.1) is 11.7 Å². The molecule has 0 spiro atoms. The van der Waals surface area contributed by atoms with Crippen LogP contribution in [0.3, 0.4) is 0 Å². The monoisotopic (exact) mass is 627 g/mol. The van der Waals surface area contributed by atoms with Gasteiger partial charge in [0.05, 0.1) is 16.5 Å². The van der Waals surface area contributed by atoms with E-state index >= 15 is 0 Å². The molecule has 0 radical (unpaired) electrons. The number of piperidine rings is 1. The second kappa shape index (κ2) is 13.1. The van der Waals surface area contributed by atoms with E-state index in [0.29, 0.717) is 45.0 Å². The lowest BCUT2D eigenvalue weighted by molar-refractivity contribution is -0.143. The number of carboxylic acid groups (broad SMARTS) is 1. The first-order valence-electron chi connectivity index (χ1n) is 12.1. The molecule has 9 nitrogen and oxygen atoms in total. The normalized spacial score (nSPS) is 16.5. The third-order valence-corrected chi connectivity index (χ3v) is 10.6. The summed E-state index contributed by atoms with van der Waals surface area (Å²) in [4.78, 5) is 11.6. The van der Waals surface area contributed by atoms with Crippen LogP contribution in [0.25, 0.3) is 0 Å². The maximum atomic E-state index is 14.2. The van der Waals surface area contributed by atoms with Crippen molar-refractivity contribution in [2.75, 3.05) is 37.8 Å². The van der Waals surface area contributed by atoms with Gasteiger partial charge in [0.1, 0.15) is 10.7 Å². The summed E-state index contributed by atoms with van der Waals surface area (Å²) in [5, 5.41) is 12.0. The van der Waals surface area contributed by atoms with Crippen molar-refractivity contribution in [2.24, 2.45) is 5.92 Å². The number of carboxylic acids is 1. The highest BCUT2D eigenvalue weighted by atomic mass is 32.2. The first-order chi connectivity index (χ1) is 18.7. The highest BCUT2D eigenvalue weighted by Crippen LogP contribution is 2.36. The van der Waals surface area contributed by atoms with Crippen molar-refractivity contribution in [3.63, 3.8) is 0 Å². The van der Waals surface area contributed by atoms with E-state index in [1.54, 1.807) is 6.07 Å². The number of carbonyl (C=O) groups is 1. The van der Waals surface area contributed by atoms with Gasteiger partial charge in [-0.05, 0) is 69.7 Å². The molecule has 40 heavy (non-hydrogen) atoms. The standard InChI is InChI=1S/C24H29F4N3O6S3/c1-29-40(36,37)18-6-7-20(22(14-18)39(34,35)24(26,27)28)30-17(15-38-21-5-3-2-4-19(21)25)10-13-31-11-8-16(9-12-31)23(32)33/h2-7,14,16-17,29-30H,8-13,15H2,1H3,(H,32,33)/t17-/m1/s1. The molecule has 2 aromatic carbocycles. The fraction of sp³-hybridized carbons (Fsp3) is 0.458. The Morgan fingerprint density at radius 2 is 1.77 bits per heavy atom. The van der Waals surface area contributed by atoms with E-state index in [2.05, 4.69) is 5.32 Å². The molecule has 0 aliphatic carbocycles. The molecular formula is C24H29F4N3O6S3. The number of halogens is 4. The van der Waals surface area contributed by atoms with Crippen LogP contribution >= 0.6 is 11.8 Å². The van der Waals surface area contributed by atoms with E-state index in [0.717, 1.165) is 30.9 Å². The number of rotatable bonds is 12. The van der Waals surface area contributed by atoms with Crippen LogP contribution in [-0.2, 0) is 24.7 Å². The van der Waals surface area contributed by atoms with Gasteiger partial charge in [-0.15, -0.1) is 11.8 Å². The van der Waals surface area contributed by atoms with Gasteiger partial charge < -0.3 is 15.3 Å². The molecule has 3 N–H and O–H groups in total. The van der Waals surface area contributed by atoms with Crippen molar-refractivity contribution in [1.29, 1.82) is 0 Å². The van der Waals surface area contributed by atoms with Crippen molar-refractivity contribution in [2.45, 2.75) is 45.5 Å². The Balaban J connectivity index is 1.91. The molecule has 0 unspecified atom stereocenters. The van der Waals surface area contributed by atoms with Crippen LogP contribution in [0.5, 0.6) is 0 Å². The molecule has 3 rings (SSSR count). The van der Waals surface area contributed by atoms with Gasteiger partial charge in [0.15, 0.2) is 0 Å². The highest BCUT2D eigenvalue weighted by molar-refractivity contribution is 7.99. The van der Waals surface area contributed by atoms with Crippen molar-refractivity contribution in [3.8, 4) is 0 Å². The van der Waals surface area contributed by atoms with E-state index in [1.165, 1.54) is 18.2 Å². The number of hydrogen-bond donors (Lipinski definition) is 3. The molecule has 222 valence electrons. The Bertz CT molecular complexity index is 1410. The molecule has 1 aliphatic rings. The molecule has 1 heterocycles. The summed E-state index contributed by atoms with van der Waals surface area (Å²) >= 11 is 1.08. The predicted octanol–water partition coefficient (Wildman–Crippen LogP) is 3.79. The second-order valence-electron chi connectivity index (χ2n) is 9.14. The Morgan fingerprint density at radius 3 is 2.35 bits per heavy atom. The number of thioether (sulfide) groups is 1. The van der Waals surface area contributed by atoms with Crippen molar-refractivity contribution < 1.29 is 44.3 Å². The third-order valence-electron chi connectivity index (χ3n) is 6.49. The minimum Gasteiger partial charge on any atom is -0.481 e. The van der Waals surface area contributed by atoms with E-state index in [9.17, 15) is 44.3 Å². The number of likely N-dealkylation sites (tertiary alicyclic amines) is 1. The van der Waals surface area contributed by atoms with Crippen LogP contribution in [-0.4, -0.2) is 76.8 Å². The SMILES string of the molecule is CNS(=O)(=O)c1ccc(N[C@H](CCN2CCC(C(=O)O)CC2)CSc2ccccc2F)c(S(=O)(=O)C(F)(F)F)c1. The number of aliphatic carboxylic acids is 1. The number of benzene rings is 2. The summed E-state index contributed by atoms with van der Waals surface area (Å²) in [5.41, 5.74) is -6.15. The summed E-state index contributed by atoms with van der Waals surface area (Å²) in [5.74, 6) is -1.69. The minimum atomic E-state index is -5.95. The largest absolute Gasteiger partial charge is 0.501 e. The zero-order valence-corrected chi connectivity index (χ0v) is 23.8. The van der Waals surface area contributed by atoms with Gasteiger partial charge in [0.25, 0.3) is 9.84 Å². The fourth-order valence-electron chi connectivity index (χ4n) is 4.17. The first kappa shape index (κ1) is 32.1. The van der Waals surface area contributed by atoms with E-state index in [4.69, 9.17) is 0 Å². The number of sulfonamides is 1. The van der Waals surface area contributed by atoms with E-state index in [-0.39, 0.29) is 10.6 Å². The van der Waals surface area contributed by atoms with Crippen molar-refractivity contribution in [3.05, 3.63) is 48.3 Å². The number of alkyl halides is 3. The molecule has 0 amide bonds. The lowest BCUT2D eigenvalue weighted by Gasteiger charge is -2.31. The van der Waals surface area contributed by atoms with Gasteiger partial charge in [-0.1, -0.05) is 12.1 Å². The molecule has 1 saturated heterocycles. The Labute approximate surface area is 234 Å². The van der Waals surface area contributed by atoms with Crippen LogP contribution in [0.1, 0.15) is 19.3 Å². The Kier molecular flexibility index (Phi) is 10.5. The van der Waals surface area contributed by atoms with E-state index in [1.807, 2.05) is 9.62 Å². The summed E-state index contributed by atoms with van der Waals surface area (Å²) in [6.45, 7) is 1.40. The smallest absolute Gasteiger partial charge is 0.481 e. The van der Waals surface area contributed by atoms with Crippen LogP contribution < -0.4 is 10.0 Å². The minimum absolute atomic E-state index is 0.134. The number of nitrogens with one attached hydrogen (secondary N) is 2. The molecule has 16 heteroatoms. The molecule has 0 saturated carbocycles. The number of sulfone groups is 1. The number of nitrogens with zero attached hydrogens (tertiary/aromatic N) is 1. The molecule has 0 bridgehead atoms. The summed E-state index contributed by atoms with van der Waals surface area (Å²) in [7, 11) is -9.18. The van der Waals surface area contributed by atoms with Crippen molar-refractivity contribution in [1.82, 2.24) is 9.62 Å². The van der Waals surface area contributed by atoms with Crippen LogP contribution in [0.2, 0.25) is 0 Å².